The van der Waals surface area contributed by atoms with E-state index in [1.807, 2.05) is 24.3 Å². The van der Waals surface area contributed by atoms with Gasteiger partial charge in [0.25, 0.3) is 5.91 Å². The van der Waals surface area contributed by atoms with Crippen LogP contribution < -0.4 is 10.0 Å². The predicted octanol–water partition coefficient (Wildman–Crippen LogP) is 3.93. The van der Waals surface area contributed by atoms with Crippen molar-refractivity contribution in [2.45, 2.75) is 29.6 Å². The van der Waals surface area contributed by atoms with Crippen molar-refractivity contribution in [3.63, 3.8) is 0 Å². The largest absolute Gasteiger partial charge is 0.345 e. The summed E-state index contributed by atoms with van der Waals surface area (Å²) in [4.78, 5) is 13.2. The van der Waals surface area contributed by atoms with Crippen LogP contribution >= 0.6 is 34.9 Å². The van der Waals surface area contributed by atoms with Crippen molar-refractivity contribution in [3.8, 4) is 0 Å². The number of hydrogen-bond donors (Lipinski definition) is 2. The smallest absolute Gasteiger partial charge is 0.261 e. The minimum absolute atomic E-state index is 0.0304. The molecule has 0 bridgehead atoms. The highest BCUT2D eigenvalue weighted by atomic mass is 35.5. The molecule has 0 saturated carbocycles. The molecule has 0 saturated heterocycles. The first-order valence-corrected chi connectivity index (χ1v) is 8.83. The van der Waals surface area contributed by atoms with E-state index in [0.717, 1.165) is 29.3 Å². The zero-order valence-electron chi connectivity index (χ0n) is 11.1. The summed E-state index contributed by atoms with van der Waals surface area (Å²) in [6.45, 7) is 0.842. The fraction of sp³-hybridized carbons (Fsp3) is 0.267. The lowest BCUT2D eigenvalue weighted by molar-refractivity contribution is 0.0941. The number of aryl methyl sites for hydroxylation is 1. The second-order valence-electron chi connectivity index (χ2n) is 5.25. The number of carbonyl (C=O) groups excluding carboxylic acids is 1. The van der Waals surface area contributed by atoms with E-state index >= 15 is 0 Å². The number of amides is 1. The van der Waals surface area contributed by atoms with E-state index in [0.29, 0.717) is 0 Å². The number of halogens is 1. The third-order valence-electron chi connectivity index (χ3n) is 3.91. The summed E-state index contributed by atoms with van der Waals surface area (Å²) in [5.41, 5.74) is 3.68. The predicted molar refractivity (Wildman–Crippen MR) is 87.0 cm³/mol. The Balaban J connectivity index is 1.53. The summed E-state index contributed by atoms with van der Waals surface area (Å²) in [7, 11) is 0. The van der Waals surface area contributed by atoms with E-state index in [2.05, 4.69) is 10.0 Å². The van der Waals surface area contributed by atoms with Gasteiger partial charge in [-0.2, -0.15) is 0 Å². The maximum absolute atomic E-state index is 12.4. The molecule has 4 rings (SSSR count). The molecule has 1 amide bonds. The Kier molecular flexibility index (Phi) is 3.46. The summed E-state index contributed by atoms with van der Waals surface area (Å²) in [6, 6.07) is 8.04. The molecule has 2 aliphatic rings. The van der Waals surface area contributed by atoms with Gasteiger partial charge >= 0.3 is 0 Å². The molecule has 0 radical (unpaired) electrons. The topological polar surface area (TPSA) is 41.1 Å². The quantitative estimate of drug-likeness (QED) is 0.816. The molecule has 108 valence electrons. The van der Waals surface area contributed by atoms with Crippen molar-refractivity contribution in [1.82, 2.24) is 10.0 Å². The Morgan fingerprint density at radius 1 is 1.33 bits per heavy atom. The number of hydrogen-bond acceptors (Lipinski definition) is 4. The molecule has 1 aromatic heterocycles. The third kappa shape index (κ3) is 2.48. The van der Waals surface area contributed by atoms with E-state index < -0.39 is 0 Å². The number of rotatable bonds is 2. The molecule has 1 aliphatic heterocycles. The Bertz CT molecular complexity index is 707. The fourth-order valence-corrected chi connectivity index (χ4v) is 5.12. The number of fused-ring (bicyclic) bond motifs is 2. The molecule has 2 aromatic rings. The lowest BCUT2D eigenvalue weighted by Gasteiger charge is -2.13. The van der Waals surface area contributed by atoms with Gasteiger partial charge in [0, 0.05) is 11.6 Å². The van der Waals surface area contributed by atoms with Crippen molar-refractivity contribution in [1.29, 1.82) is 0 Å². The number of thiophene rings is 1. The summed E-state index contributed by atoms with van der Waals surface area (Å²) >= 11 is 9.20. The molecule has 1 atom stereocenters. The zero-order chi connectivity index (χ0) is 14.4. The highest BCUT2D eigenvalue weighted by molar-refractivity contribution is 7.99. The number of benzene rings is 1. The maximum atomic E-state index is 12.4. The normalized spacial score (nSPS) is 19.4. The van der Waals surface area contributed by atoms with Gasteiger partial charge in [-0.1, -0.05) is 17.7 Å². The van der Waals surface area contributed by atoms with Crippen LogP contribution in [0.4, 0.5) is 0 Å². The Hall–Kier alpha value is -1.01. The molecule has 2 N–H and O–H groups in total. The lowest BCUT2D eigenvalue weighted by atomic mass is 10.1. The van der Waals surface area contributed by atoms with Gasteiger partial charge in [-0.05, 0) is 59.7 Å². The summed E-state index contributed by atoms with van der Waals surface area (Å²) in [5.74, 6) is 0.0304. The van der Waals surface area contributed by atoms with Gasteiger partial charge in [0.15, 0.2) is 0 Å². The highest BCUT2D eigenvalue weighted by Crippen LogP contribution is 2.37. The van der Waals surface area contributed by atoms with Crippen molar-refractivity contribution in [2.75, 3.05) is 0 Å². The van der Waals surface area contributed by atoms with Gasteiger partial charge in [0.1, 0.15) is 0 Å². The minimum atomic E-state index is 0.0304. The van der Waals surface area contributed by atoms with E-state index in [4.69, 9.17) is 11.6 Å². The van der Waals surface area contributed by atoms with E-state index in [1.54, 1.807) is 23.3 Å². The number of carbonyl (C=O) groups is 1. The average molecular weight is 337 g/mol. The van der Waals surface area contributed by atoms with Gasteiger partial charge in [0.2, 0.25) is 0 Å². The van der Waals surface area contributed by atoms with Gasteiger partial charge in [0.05, 0.1) is 15.1 Å². The van der Waals surface area contributed by atoms with Crippen LogP contribution in [0.1, 0.15) is 38.8 Å². The SMILES string of the molecule is O=C(N[C@@H]1CCc2cc(Cl)ccc21)c1cc2c(s1)SNC2. The van der Waals surface area contributed by atoms with Crippen LogP contribution in [0.3, 0.4) is 0 Å². The zero-order valence-corrected chi connectivity index (χ0v) is 13.5. The third-order valence-corrected chi connectivity index (χ3v) is 6.35. The van der Waals surface area contributed by atoms with Crippen LogP contribution in [0, 0.1) is 0 Å². The van der Waals surface area contributed by atoms with Gasteiger partial charge in [-0.15, -0.1) is 11.3 Å². The Morgan fingerprint density at radius 3 is 3.10 bits per heavy atom. The molecule has 6 heteroatoms. The summed E-state index contributed by atoms with van der Waals surface area (Å²) < 4.78 is 4.42. The van der Waals surface area contributed by atoms with Crippen LogP contribution in [0.25, 0.3) is 0 Å². The second-order valence-corrected chi connectivity index (χ2v) is 7.90. The summed E-state index contributed by atoms with van der Waals surface area (Å²) in [6.07, 6.45) is 1.92. The molecule has 0 spiro atoms. The van der Waals surface area contributed by atoms with Crippen LogP contribution in [0.5, 0.6) is 0 Å². The lowest BCUT2D eigenvalue weighted by Crippen LogP contribution is -2.26. The molecule has 1 aromatic carbocycles. The Labute approximate surface area is 136 Å². The molecular weight excluding hydrogens is 324 g/mol. The van der Waals surface area contributed by atoms with Crippen LogP contribution in [-0.4, -0.2) is 5.91 Å². The molecular formula is C15H13ClN2OS2. The average Bonchev–Trinajstić information content (AvgIpc) is 3.12. The van der Waals surface area contributed by atoms with Gasteiger partial charge in [-0.3, -0.25) is 9.52 Å². The van der Waals surface area contributed by atoms with E-state index in [-0.39, 0.29) is 11.9 Å². The molecule has 3 nitrogen and oxygen atoms in total. The minimum Gasteiger partial charge on any atom is -0.345 e. The molecule has 0 unspecified atom stereocenters. The first-order chi connectivity index (χ1) is 10.2. The highest BCUT2D eigenvalue weighted by Gasteiger charge is 2.26. The van der Waals surface area contributed by atoms with Gasteiger partial charge < -0.3 is 5.32 Å². The molecule has 21 heavy (non-hydrogen) atoms. The van der Waals surface area contributed by atoms with Crippen molar-refractivity contribution in [3.05, 3.63) is 50.9 Å². The molecule has 0 fully saturated rings. The maximum Gasteiger partial charge on any atom is 0.261 e. The van der Waals surface area contributed by atoms with Gasteiger partial charge in [-0.25, -0.2) is 0 Å². The first kappa shape index (κ1) is 13.6. The fourth-order valence-electron chi connectivity index (χ4n) is 2.88. The van der Waals surface area contributed by atoms with E-state index in [1.165, 1.54) is 20.9 Å². The van der Waals surface area contributed by atoms with Crippen LogP contribution in [-0.2, 0) is 13.0 Å². The van der Waals surface area contributed by atoms with Crippen molar-refractivity contribution in [2.24, 2.45) is 0 Å². The van der Waals surface area contributed by atoms with Crippen LogP contribution in [0.15, 0.2) is 28.5 Å². The molecule has 1 aliphatic carbocycles. The van der Waals surface area contributed by atoms with Crippen molar-refractivity contribution >= 4 is 40.8 Å². The first-order valence-electron chi connectivity index (χ1n) is 6.82. The number of nitrogens with one attached hydrogen (secondary N) is 2. The van der Waals surface area contributed by atoms with E-state index in [9.17, 15) is 4.79 Å². The van der Waals surface area contributed by atoms with Crippen molar-refractivity contribution < 1.29 is 4.79 Å². The van der Waals surface area contributed by atoms with Crippen LogP contribution in [0.2, 0.25) is 5.02 Å². The Morgan fingerprint density at radius 2 is 2.24 bits per heavy atom. The second kappa shape index (κ2) is 5.32. The monoisotopic (exact) mass is 336 g/mol. The molecule has 2 heterocycles. The summed E-state index contributed by atoms with van der Waals surface area (Å²) in [5, 5.41) is 3.92. The standard InChI is InChI=1S/C15H13ClN2OS2/c16-10-2-3-11-8(5-10)1-4-12(11)18-14(19)13-6-9-7-17-21-15(9)20-13/h2-3,5-6,12,17H,1,4,7H2,(H,18,19)/t12-/m1/s1.